The second kappa shape index (κ2) is 5.49. The molecule has 1 rings (SSSR count). The molecule has 0 saturated carbocycles. The monoisotopic (exact) mass is 230 g/mol. The van der Waals surface area contributed by atoms with E-state index in [1.807, 2.05) is 37.3 Å². The van der Waals surface area contributed by atoms with Gasteiger partial charge >= 0.3 is 0 Å². The van der Waals surface area contributed by atoms with Crippen LogP contribution in [-0.4, -0.2) is 17.4 Å². The molecule has 3 nitrogen and oxygen atoms in total. The molecule has 0 saturated heterocycles. The molecule has 0 atom stereocenters. The fourth-order valence-corrected chi connectivity index (χ4v) is 1.57. The Balaban J connectivity index is 2.81. The molecule has 0 aliphatic carbocycles. The molecule has 1 amide bonds. The number of benzene rings is 1. The Kier molecular flexibility index (Phi) is 4.28. The molecule has 0 heterocycles. The number of amides is 1. The molecule has 0 aromatic heterocycles. The highest BCUT2D eigenvalue weighted by Crippen LogP contribution is 2.19. The molecule has 1 aromatic rings. The van der Waals surface area contributed by atoms with Crippen LogP contribution in [0, 0.1) is 16.7 Å². The van der Waals surface area contributed by atoms with Crippen molar-refractivity contribution in [2.75, 3.05) is 6.54 Å². The standard InChI is InChI=1S/C14H18N2O/c1-4-16(13(17)14(2,3)11-15)10-12-8-6-5-7-9-12/h5-9H,4,10H2,1-3H3. The van der Waals surface area contributed by atoms with E-state index < -0.39 is 5.41 Å². The van der Waals surface area contributed by atoms with Gasteiger partial charge in [0.25, 0.3) is 0 Å². The lowest BCUT2D eigenvalue weighted by Gasteiger charge is -2.26. The molecular formula is C14H18N2O. The predicted molar refractivity (Wildman–Crippen MR) is 66.9 cm³/mol. The van der Waals surface area contributed by atoms with Gasteiger partial charge in [-0.1, -0.05) is 30.3 Å². The summed E-state index contributed by atoms with van der Waals surface area (Å²) in [6.07, 6.45) is 0. The minimum atomic E-state index is -0.954. The van der Waals surface area contributed by atoms with Crippen molar-refractivity contribution in [1.29, 1.82) is 5.26 Å². The highest BCUT2D eigenvalue weighted by atomic mass is 16.2. The molecule has 90 valence electrons. The molecule has 0 aliphatic rings. The fourth-order valence-electron chi connectivity index (χ4n) is 1.57. The van der Waals surface area contributed by atoms with Crippen LogP contribution in [0.2, 0.25) is 0 Å². The maximum Gasteiger partial charge on any atom is 0.242 e. The Hall–Kier alpha value is -1.82. The summed E-state index contributed by atoms with van der Waals surface area (Å²) in [5.74, 6) is -0.119. The first-order valence-corrected chi connectivity index (χ1v) is 5.76. The normalized spacial score (nSPS) is 10.7. The number of hydrogen-bond acceptors (Lipinski definition) is 2. The summed E-state index contributed by atoms with van der Waals surface area (Å²) < 4.78 is 0. The van der Waals surface area contributed by atoms with Gasteiger partial charge in [-0.25, -0.2) is 0 Å². The zero-order valence-corrected chi connectivity index (χ0v) is 10.6. The molecule has 3 heteroatoms. The number of carbonyl (C=O) groups excluding carboxylic acids is 1. The smallest absolute Gasteiger partial charge is 0.242 e. The van der Waals surface area contributed by atoms with Crippen LogP contribution >= 0.6 is 0 Å². The quantitative estimate of drug-likeness (QED) is 0.798. The first kappa shape index (κ1) is 13.2. The third-order valence-corrected chi connectivity index (χ3v) is 2.70. The van der Waals surface area contributed by atoms with Gasteiger partial charge in [0.15, 0.2) is 0 Å². The Morgan fingerprint density at radius 2 is 1.94 bits per heavy atom. The maximum absolute atomic E-state index is 12.1. The summed E-state index contributed by atoms with van der Waals surface area (Å²) >= 11 is 0. The molecule has 0 aliphatic heterocycles. The summed E-state index contributed by atoms with van der Waals surface area (Å²) in [5.41, 5.74) is 0.126. The van der Waals surface area contributed by atoms with Crippen molar-refractivity contribution in [2.24, 2.45) is 5.41 Å². The zero-order valence-electron chi connectivity index (χ0n) is 10.6. The molecule has 1 aromatic carbocycles. The average molecular weight is 230 g/mol. The lowest BCUT2D eigenvalue weighted by atomic mass is 9.93. The van der Waals surface area contributed by atoms with Crippen molar-refractivity contribution in [1.82, 2.24) is 4.90 Å². The first-order valence-electron chi connectivity index (χ1n) is 5.76. The van der Waals surface area contributed by atoms with E-state index in [4.69, 9.17) is 5.26 Å². The highest BCUT2D eigenvalue weighted by Gasteiger charge is 2.31. The Morgan fingerprint density at radius 1 is 1.35 bits per heavy atom. The van der Waals surface area contributed by atoms with Crippen molar-refractivity contribution in [3.05, 3.63) is 35.9 Å². The van der Waals surface area contributed by atoms with E-state index in [2.05, 4.69) is 6.07 Å². The van der Waals surface area contributed by atoms with Crippen LogP contribution in [0.4, 0.5) is 0 Å². The van der Waals surface area contributed by atoms with Gasteiger partial charge < -0.3 is 4.90 Å². The van der Waals surface area contributed by atoms with Gasteiger partial charge in [0.1, 0.15) is 5.41 Å². The molecule has 0 radical (unpaired) electrons. The summed E-state index contributed by atoms with van der Waals surface area (Å²) in [5, 5.41) is 8.98. The minimum Gasteiger partial charge on any atom is -0.337 e. The molecular weight excluding hydrogens is 212 g/mol. The second-order valence-electron chi connectivity index (χ2n) is 4.54. The average Bonchev–Trinajstić information content (AvgIpc) is 2.36. The Morgan fingerprint density at radius 3 is 2.41 bits per heavy atom. The third kappa shape index (κ3) is 3.32. The van der Waals surface area contributed by atoms with E-state index in [9.17, 15) is 4.79 Å². The van der Waals surface area contributed by atoms with Crippen LogP contribution in [0.15, 0.2) is 30.3 Å². The number of nitriles is 1. The molecule has 0 N–H and O–H groups in total. The topological polar surface area (TPSA) is 44.1 Å². The van der Waals surface area contributed by atoms with Crippen molar-refractivity contribution in [3.8, 4) is 6.07 Å². The molecule has 0 unspecified atom stereocenters. The summed E-state index contributed by atoms with van der Waals surface area (Å²) in [7, 11) is 0. The Labute approximate surface area is 103 Å². The number of hydrogen-bond donors (Lipinski definition) is 0. The highest BCUT2D eigenvalue weighted by molar-refractivity contribution is 5.84. The van der Waals surface area contributed by atoms with E-state index >= 15 is 0 Å². The van der Waals surface area contributed by atoms with Crippen molar-refractivity contribution in [3.63, 3.8) is 0 Å². The summed E-state index contributed by atoms with van der Waals surface area (Å²) in [6.45, 7) is 6.40. The lowest BCUT2D eigenvalue weighted by molar-refractivity contribution is -0.138. The number of nitrogens with zero attached hydrogens (tertiary/aromatic N) is 2. The van der Waals surface area contributed by atoms with Gasteiger partial charge in [0.05, 0.1) is 6.07 Å². The van der Waals surface area contributed by atoms with E-state index in [1.165, 1.54) is 0 Å². The summed E-state index contributed by atoms with van der Waals surface area (Å²) in [6, 6.07) is 11.9. The summed E-state index contributed by atoms with van der Waals surface area (Å²) in [4.78, 5) is 13.8. The van der Waals surface area contributed by atoms with E-state index in [0.717, 1.165) is 5.56 Å². The largest absolute Gasteiger partial charge is 0.337 e. The molecule has 17 heavy (non-hydrogen) atoms. The minimum absolute atomic E-state index is 0.119. The van der Waals surface area contributed by atoms with Gasteiger partial charge in [0.2, 0.25) is 5.91 Å². The molecule has 0 bridgehead atoms. The maximum atomic E-state index is 12.1. The van der Waals surface area contributed by atoms with Crippen LogP contribution in [0.25, 0.3) is 0 Å². The lowest BCUT2D eigenvalue weighted by Crippen LogP contribution is -2.39. The van der Waals surface area contributed by atoms with Gasteiger partial charge in [0, 0.05) is 13.1 Å². The van der Waals surface area contributed by atoms with Crippen molar-refractivity contribution >= 4 is 5.91 Å². The second-order valence-corrected chi connectivity index (χ2v) is 4.54. The fraction of sp³-hybridized carbons (Fsp3) is 0.429. The van der Waals surface area contributed by atoms with Crippen LogP contribution < -0.4 is 0 Å². The zero-order chi connectivity index (χ0) is 12.9. The number of carbonyl (C=O) groups is 1. The number of rotatable bonds is 4. The van der Waals surface area contributed by atoms with Crippen LogP contribution in [0.3, 0.4) is 0 Å². The third-order valence-electron chi connectivity index (χ3n) is 2.70. The van der Waals surface area contributed by atoms with Gasteiger partial charge in [-0.3, -0.25) is 4.79 Å². The van der Waals surface area contributed by atoms with Crippen LogP contribution in [0.1, 0.15) is 26.3 Å². The molecule has 0 fully saturated rings. The van der Waals surface area contributed by atoms with E-state index in [-0.39, 0.29) is 5.91 Å². The van der Waals surface area contributed by atoms with E-state index in [0.29, 0.717) is 13.1 Å². The first-order chi connectivity index (χ1) is 8.01. The van der Waals surface area contributed by atoms with Gasteiger partial charge in [-0.15, -0.1) is 0 Å². The Bertz CT molecular complexity index is 418. The predicted octanol–water partition coefficient (Wildman–Crippen LogP) is 2.58. The molecule has 0 spiro atoms. The van der Waals surface area contributed by atoms with Crippen molar-refractivity contribution < 1.29 is 4.79 Å². The van der Waals surface area contributed by atoms with E-state index in [1.54, 1.807) is 18.7 Å². The van der Waals surface area contributed by atoms with Gasteiger partial charge in [-0.2, -0.15) is 5.26 Å². The van der Waals surface area contributed by atoms with Crippen LogP contribution in [-0.2, 0) is 11.3 Å². The SMILES string of the molecule is CCN(Cc1ccccc1)C(=O)C(C)(C)C#N. The van der Waals surface area contributed by atoms with Crippen molar-refractivity contribution in [2.45, 2.75) is 27.3 Å². The van der Waals surface area contributed by atoms with Crippen LogP contribution in [0.5, 0.6) is 0 Å². The van der Waals surface area contributed by atoms with Gasteiger partial charge in [-0.05, 0) is 26.3 Å².